The van der Waals surface area contributed by atoms with Crippen molar-refractivity contribution in [3.63, 3.8) is 0 Å². The molecule has 0 aliphatic heterocycles. The van der Waals surface area contributed by atoms with Crippen molar-refractivity contribution < 1.29 is 10.0 Å². The highest BCUT2D eigenvalue weighted by Gasteiger charge is 2.03. The SMILES string of the molecule is CNC(=S)N[NH+]=Cc1ccc([N+](=O)[O-])cc1. The van der Waals surface area contributed by atoms with E-state index < -0.39 is 4.92 Å². The minimum absolute atomic E-state index is 0.0656. The van der Waals surface area contributed by atoms with Gasteiger partial charge in [0.25, 0.3) is 5.69 Å². The molecule has 84 valence electrons. The molecule has 3 N–H and O–H groups in total. The molecule has 1 aromatic rings. The number of nitro groups is 1. The Labute approximate surface area is 97.5 Å². The highest BCUT2D eigenvalue weighted by molar-refractivity contribution is 7.80. The number of benzene rings is 1. The zero-order valence-corrected chi connectivity index (χ0v) is 9.38. The van der Waals surface area contributed by atoms with Crippen LogP contribution in [0.1, 0.15) is 5.56 Å². The lowest BCUT2D eigenvalue weighted by Gasteiger charge is -1.94. The normalized spacial score (nSPS) is 10.1. The van der Waals surface area contributed by atoms with Crippen LogP contribution in [0.2, 0.25) is 0 Å². The number of non-ortho nitro benzene ring substituents is 1. The van der Waals surface area contributed by atoms with Crippen LogP contribution in [0.25, 0.3) is 0 Å². The minimum Gasteiger partial charge on any atom is -0.361 e. The lowest BCUT2D eigenvalue weighted by molar-refractivity contribution is -0.500. The van der Waals surface area contributed by atoms with Crippen molar-refractivity contribution in [1.82, 2.24) is 10.7 Å². The topological polar surface area (TPSA) is 81.2 Å². The zero-order chi connectivity index (χ0) is 12.0. The van der Waals surface area contributed by atoms with Gasteiger partial charge in [0.05, 0.1) is 4.92 Å². The average Bonchev–Trinajstić information content (AvgIpc) is 2.29. The monoisotopic (exact) mass is 239 g/mol. The molecule has 1 aromatic carbocycles. The fourth-order valence-corrected chi connectivity index (χ4v) is 0.999. The average molecular weight is 239 g/mol. The lowest BCUT2D eigenvalue weighted by Crippen LogP contribution is -2.82. The molecule has 7 heteroatoms. The molecule has 0 atom stereocenters. The van der Waals surface area contributed by atoms with Gasteiger partial charge in [-0.15, -0.1) is 10.5 Å². The second-order valence-electron chi connectivity index (χ2n) is 2.84. The van der Waals surface area contributed by atoms with Crippen molar-refractivity contribution in [2.24, 2.45) is 0 Å². The van der Waals surface area contributed by atoms with Gasteiger partial charge in [-0.25, -0.2) is 0 Å². The molecule has 0 aliphatic rings. The summed E-state index contributed by atoms with van der Waals surface area (Å²) in [5.41, 5.74) is 3.57. The van der Waals surface area contributed by atoms with Gasteiger partial charge in [0.1, 0.15) is 0 Å². The molecule has 1 rings (SSSR count). The molecule has 0 unspecified atom stereocenters. The summed E-state index contributed by atoms with van der Waals surface area (Å²) in [7, 11) is 1.70. The maximum Gasteiger partial charge on any atom is 0.269 e. The first kappa shape index (κ1) is 12.1. The quantitative estimate of drug-likeness (QED) is 0.276. The molecule has 16 heavy (non-hydrogen) atoms. The summed E-state index contributed by atoms with van der Waals surface area (Å²) in [5.74, 6) is 0. The van der Waals surface area contributed by atoms with Crippen molar-refractivity contribution in [1.29, 1.82) is 0 Å². The van der Waals surface area contributed by atoms with Crippen LogP contribution >= 0.6 is 12.2 Å². The fourth-order valence-electron chi connectivity index (χ4n) is 0.940. The van der Waals surface area contributed by atoms with Gasteiger partial charge < -0.3 is 5.32 Å². The number of hydrazone groups is 1. The van der Waals surface area contributed by atoms with Gasteiger partial charge >= 0.3 is 0 Å². The summed E-state index contributed by atoms with van der Waals surface area (Å²) in [6.45, 7) is 0. The first-order chi connectivity index (χ1) is 7.63. The van der Waals surface area contributed by atoms with Gasteiger partial charge in [0.2, 0.25) is 5.11 Å². The molecule has 0 fully saturated rings. The Morgan fingerprint density at radius 2 is 2.12 bits per heavy atom. The Morgan fingerprint density at radius 1 is 1.50 bits per heavy atom. The predicted octanol–water partition coefficient (Wildman–Crippen LogP) is -0.897. The van der Waals surface area contributed by atoms with E-state index in [1.807, 2.05) is 0 Å². The summed E-state index contributed by atoms with van der Waals surface area (Å²) >= 11 is 4.83. The van der Waals surface area contributed by atoms with Crippen molar-refractivity contribution in [3.8, 4) is 0 Å². The molecule has 0 radical (unpaired) electrons. The molecule has 0 heterocycles. The second-order valence-corrected chi connectivity index (χ2v) is 3.25. The third-order valence-corrected chi connectivity index (χ3v) is 2.06. The number of nitrogens with zero attached hydrogens (tertiary/aromatic N) is 1. The highest BCUT2D eigenvalue weighted by Crippen LogP contribution is 2.09. The van der Waals surface area contributed by atoms with E-state index in [9.17, 15) is 10.1 Å². The number of nitro benzene ring substituents is 1. The summed E-state index contributed by atoms with van der Waals surface area (Å²) in [6, 6.07) is 6.14. The summed E-state index contributed by atoms with van der Waals surface area (Å²) < 4.78 is 0. The van der Waals surface area contributed by atoms with E-state index in [-0.39, 0.29) is 5.69 Å². The molecule has 0 aliphatic carbocycles. The molecule has 0 spiro atoms. The third kappa shape index (κ3) is 3.62. The number of hydrogen-bond donors (Lipinski definition) is 3. The van der Waals surface area contributed by atoms with Gasteiger partial charge in [-0.2, -0.15) is 0 Å². The molecular weight excluding hydrogens is 228 g/mol. The molecule has 0 saturated carbocycles. The Kier molecular flexibility index (Phi) is 4.34. The predicted molar refractivity (Wildman–Crippen MR) is 64.0 cm³/mol. The summed E-state index contributed by atoms with van der Waals surface area (Å²) in [4.78, 5) is 9.96. The smallest absolute Gasteiger partial charge is 0.269 e. The molecule has 6 nitrogen and oxygen atoms in total. The first-order valence-electron chi connectivity index (χ1n) is 4.44. The molecule has 0 bridgehead atoms. The van der Waals surface area contributed by atoms with Crippen molar-refractivity contribution in [2.45, 2.75) is 0 Å². The number of nitrogens with one attached hydrogen (secondary N) is 3. The van der Waals surface area contributed by atoms with Gasteiger partial charge in [0, 0.05) is 24.7 Å². The standard InChI is InChI=1S/C9H10N4O2S/c1-10-9(16)12-11-6-7-2-4-8(5-3-7)13(14)15/h2-6H,1H3,(H2,10,12,16)/p+1. The highest BCUT2D eigenvalue weighted by atomic mass is 32.1. The molecular formula is C9H11N4O2S+. The van der Waals surface area contributed by atoms with Crippen molar-refractivity contribution in [2.75, 3.05) is 7.05 Å². The Morgan fingerprint density at radius 3 is 2.62 bits per heavy atom. The van der Waals surface area contributed by atoms with Crippen LogP contribution in [0.5, 0.6) is 0 Å². The van der Waals surface area contributed by atoms with Crippen LogP contribution in [0.15, 0.2) is 24.3 Å². The van der Waals surface area contributed by atoms with Crippen molar-refractivity contribution in [3.05, 3.63) is 39.9 Å². The Hall–Kier alpha value is -2.02. The van der Waals surface area contributed by atoms with Gasteiger partial charge in [-0.1, -0.05) is 0 Å². The minimum atomic E-state index is -0.439. The van der Waals surface area contributed by atoms with E-state index in [1.54, 1.807) is 25.4 Å². The number of rotatable bonds is 3. The van der Waals surface area contributed by atoms with Crippen molar-refractivity contribution >= 4 is 29.2 Å². The van der Waals surface area contributed by atoms with E-state index in [1.165, 1.54) is 12.1 Å². The second kappa shape index (κ2) is 5.76. The van der Waals surface area contributed by atoms with E-state index in [0.29, 0.717) is 5.11 Å². The fraction of sp³-hybridized carbons (Fsp3) is 0.111. The number of hydrazine groups is 1. The summed E-state index contributed by atoms with van der Waals surface area (Å²) in [5, 5.41) is 16.3. The van der Waals surface area contributed by atoms with E-state index in [2.05, 4.69) is 15.8 Å². The molecule has 0 saturated heterocycles. The number of hydrogen-bond acceptors (Lipinski definition) is 3. The Bertz CT molecular complexity index is 416. The van der Waals surface area contributed by atoms with Crippen LogP contribution in [0.4, 0.5) is 5.69 Å². The lowest BCUT2D eigenvalue weighted by atomic mass is 10.2. The Balaban J connectivity index is 2.61. The maximum absolute atomic E-state index is 10.4. The summed E-state index contributed by atoms with van der Waals surface area (Å²) in [6.07, 6.45) is 1.65. The van der Waals surface area contributed by atoms with E-state index in [4.69, 9.17) is 12.2 Å². The maximum atomic E-state index is 10.4. The first-order valence-corrected chi connectivity index (χ1v) is 4.85. The largest absolute Gasteiger partial charge is 0.361 e. The third-order valence-electron chi connectivity index (χ3n) is 1.76. The van der Waals surface area contributed by atoms with Crippen LogP contribution < -0.4 is 15.8 Å². The van der Waals surface area contributed by atoms with Gasteiger partial charge in [-0.3, -0.25) is 10.1 Å². The molecule has 0 aromatic heterocycles. The van der Waals surface area contributed by atoms with Crippen LogP contribution in [0.3, 0.4) is 0 Å². The van der Waals surface area contributed by atoms with Crippen LogP contribution in [0, 0.1) is 10.1 Å². The van der Waals surface area contributed by atoms with Crippen LogP contribution in [-0.2, 0) is 0 Å². The van der Waals surface area contributed by atoms with Crippen LogP contribution in [-0.4, -0.2) is 23.3 Å². The van der Waals surface area contributed by atoms with Gasteiger partial charge in [-0.05, 0) is 24.4 Å². The number of thiocarbonyl (C=S) groups is 1. The van der Waals surface area contributed by atoms with E-state index >= 15 is 0 Å². The molecule has 0 amide bonds. The zero-order valence-electron chi connectivity index (χ0n) is 8.56. The van der Waals surface area contributed by atoms with Gasteiger partial charge in [0.15, 0.2) is 6.21 Å². The van der Waals surface area contributed by atoms with E-state index in [0.717, 1.165) is 5.56 Å².